The van der Waals surface area contributed by atoms with Crippen molar-refractivity contribution in [2.24, 2.45) is 0 Å². The number of rotatable bonds is 6. The predicted molar refractivity (Wildman–Crippen MR) is 74.9 cm³/mol. The molecule has 1 aliphatic heterocycles. The van der Waals surface area contributed by atoms with Crippen LogP contribution in [-0.2, 0) is 21.3 Å². The summed E-state index contributed by atoms with van der Waals surface area (Å²) in [6, 6.07) is -0.140. The molecule has 1 aliphatic rings. The Morgan fingerprint density at radius 3 is 3.05 bits per heavy atom. The van der Waals surface area contributed by atoms with Gasteiger partial charge in [0.15, 0.2) is 0 Å². The van der Waals surface area contributed by atoms with Gasteiger partial charge in [0, 0.05) is 25.3 Å². The highest BCUT2D eigenvalue weighted by Crippen LogP contribution is 2.19. The fourth-order valence-electron chi connectivity index (χ4n) is 2.17. The average molecular weight is 302 g/mol. The maximum Gasteiger partial charge on any atom is 0.246 e. The third-order valence-electron chi connectivity index (χ3n) is 3.29. The number of morpholine rings is 1. The Balaban J connectivity index is 2.09. The van der Waals surface area contributed by atoms with Crippen LogP contribution in [0.15, 0.2) is 17.3 Å². The number of hydrogen-bond donors (Lipinski definition) is 1. The van der Waals surface area contributed by atoms with Gasteiger partial charge in [0.05, 0.1) is 26.0 Å². The smallest absolute Gasteiger partial charge is 0.246 e. The first-order valence-electron chi connectivity index (χ1n) is 6.88. The van der Waals surface area contributed by atoms with Crippen LogP contribution >= 0.6 is 0 Å². The lowest BCUT2D eigenvalue weighted by Crippen LogP contribution is -2.46. The lowest BCUT2D eigenvalue weighted by molar-refractivity contribution is 0.0392. The molecular formula is C12H22N4O3S. The molecule has 1 aromatic rings. The number of hydrogen-bond acceptors (Lipinski definition) is 5. The second kappa shape index (κ2) is 6.66. The first-order valence-corrected chi connectivity index (χ1v) is 8.32. The summed E-state index contributed by atoms with van der Waals surface area (Å²) in [5, 5.41) is 7.29. The molecule has 2 rings (SSSR count). The standard InChI is InChI=1S/C12H22N4O3S/c1-3-13-4-5-15-9-12(8-14-15)20(17,18)16-6-7-19-10-11(16)2/h8-9,11,13H,3-7,10H2,1-2H3. The molecule has 0 saturated carbocycles. The highest BCUT2D eigenvalue weighted by Gasteiger charge is 2.32. The summed E-state index contributed by atoms with van der Waals surface area (Å²) >= 11 is 0. The first kappa shape index (κ1) is 15.4. The lowest BCUT2D eigenvalue weighted by atomic mass is 10.3. The molecule has 1 atom stereocenters. The molecular weight excluding hydrogens is 280 g/mol. The number of nitrogens with one attached hydrogen (secondary N) is 1. The Morgan fingerprint density at radius 1 is 1.55 bits per heavy atom. The molecule has 0 aliphatic carbocycles. The van der Waals surface area contributed by atoms with E-state index in [4.69, 9.17) is 4.74 Å². The minimum absolute atomic E-state index is 0.140. The van der Waals surface area contributed by atoms with E-state index < -0.39 is 10.0 Å². The van der Waals surface area contributed by atoms with Gasteiger partial charge in [-0.15, -0.1) is 0 Å². The molecule has 8 heteroatoms. The zero-order chi connectivity index (χ0) is 14.6. The van der Waals surface area contributed by atoms with Gasteiger partial charge in [-0.25, -0.2) is 8.42 Å². The molecule has 1 unspecified atom stereocenters. The highest BCUT2D eigenvalue weighted by molar-refractivity contribution is 7.89. The summed E-state index contributed by atoms with van der Waals surface area (Å²) in [6.07, 6.45) is 3.01. The van der Waals surface area contributed by atoms with E-state index in [9.17, 15) is 8.42 Å². The number of sulfonamides is 1. The third-order valence-corrected chi connectivity index (χ3v) is 5.26. The van der Waals surface area contributed by atoms with Crippen LogP contribution in [-0.4, -0.2) is 61.4 Å². The molecule has 0 bridgehead atoms. The molecule has 7 nitrogen and oxygen atoms in total. The van der Waals surface area contributed by atoms with Crippen LogP contribution in [0, 0.1) is 0 Å². The van der Waals surface area contributed by atoms with Crippen molar-refractivity contribution < 1.29 is 13.2 Å². The van der Waals surface area contributed by atoms with Gasteiger partial charge in [0.25, 0.3) is 0 Å². The van der Waals surface area contributed by atoms with Gasteiger partial charge in [-0.1, -0.05) is 6.92 Å². The maximum atomic E-state index is 12.5. The van der Waals surface area contributed by atoms with Gasteiger partial charge in [-0.2, -0.15) is 9.40 Å². The van der Waals surface area contributed by atoms with E-state index in [-0.39, 0.29) is 10.9 Å². The van der Waals surface area contributed by atoms with Gasteiger partial charge >= 0.3 is 0 Å². The molecule has 0 radical (unpaired) electrons. The minimum atomic E-state index is -3.47. The third kappa shape index (κ3) is 3.38. The van der Waals surface area contributed by atoms with E-state index in [1.54, 1.807) is 10.9 Å². The summed E-state index contributed by atoms with van der Waals surface area (Å²) in [5.41, 5.74) is 0. The molecule has 0 aromatic carbocycles. The molecule has 1 N–H and O–H groups in total. The summed E-state index contributed by atoms with van der Waals surface area (Å²) in [5.74, 6) is 0. The van der Waals surface area contributed by atoms with Crippen molar-refractivity contribution in [3.05, 3.63) is 12.4 Å². The second-order valence-corrected chi connectivity index (χ2v) is 6.72. The van der Waals surface area contributed by atoms with Crippen LogP contribution < -0.4 is 5.32 Å². The van der Waals surface area contributed by atoms with E-state index in [1.807, 2.05) is 13.8 Å². The van der Waals surface area contributed by atoms with Crippen molar-refractivity contribution in [3.8, 4) is 0 Å². The van der Waals surface area contributed by atoms with Gasteiger partial charge < -0.3 is 10.1 Å². The number of aromatic nitrogens is 2. The number of likely N-dealkylation sites (N-methyl/N-ethyl adjacent to an activating group) is 1. The van der Waals surface area contributed by atoms with Crippen LogP contribution in [0.4, 0.5) is 0 Å². The van der Waals surface area contributed by atoms with Crippen molar-refractivity contribution in [1.29, 1.82) is 0 Å². The summed E-state index contributed by atoms with van der Waals surface area (Å²) in [6.45, 7) is 7.47. The van der Waals surface area contributed by atoms with Gasteiger partial charge in [0.2, 0.25) is 10.0 Å². The highest BCUT2D eigenvalue weighted by atomic mass is 32.2. The van der Waals surface area contributed by atoms with Crippen LogP contribution in [0.2, 0.25) is 0 Å². The van der Waals surface area contributed by atoms with E-state index in [0.29, 0.717) is 26.3 Å². The summed E-state index contributed by atoms with van der Waals surface area (Å²) in [7, 11) is -3.47. The minimum Gasteiger partial charge on any atom is -0.378 e. The second-order valence-electron chi connectivity index (χ2n) is 4.83. The van der Waals surface area contributed by atoms with Crippen molar-refractivity contribution in [2.75, 3.05) is 32.8 Å². The topological polar surface area (TPSA) is 76.5 Å². The van der Waals surface area contributed by atoms with Crippen LogP contribution in [0.5, 0.6) is 0 Å². The monoisotopic (exact) mass is 302 g/mol. The lowest BCUT2D eigenvalue weighted by Gasteiger charge is -2.31. The maximum absolute atomic E-state index is 12.5. The van der Waals surface area contributed by atoms with Gasteiger partial charge in [-0.05, 0) is 13.5 Å². The Morgan fingerprint density at radius 2 is 2.35 bits per heavy atom. The van der Waals surface area contributed by atoms with E-state index in [1.165, 1.54) is 10.5 Å². The number of ether oxygens (including phenoxy) is 1. The van der Waals surface area contributed by atoms with Gasteiger partial charge in [-0.3, -0.25) is 4.68 Å². The normalized spacial score (nSPS) is 21.2. The van der Waals surface area contributed by atoms with E-state index in [0.717, 1.165) is 13.1 Å². The quantitative estimate of drug-likeness (QED) is 0.743. The molecule has 1 aromatic heterocycles. The molecule has 1 fully saturated rings. The molecule has 2 heterocycles. The zero-order valence-corrected chi connectivity index (χ0v) is 12.8. The van der Waals surface area contributed by atoms with Crippen molar-refractivity contribution >= 4 is 10.0 Å². The number of nitrogens with zero attached hydrogens (tertiary/aromatic N) is 3. The van der Waals surface area contributed by atoms with Gasteiger partial charge in [0.1, 0.15) is 4.90 Å². The molecule has 20 heavy (non-hydrogen) atoms. The first-order chi connectivity index (χ1) is 9.55. The summed E-state index contributed by atoms with van der Waals surface area (Å²) < 4.78 is 33.5. The Kier molecular flexibility index (Phi) is 5.14. The largest absolute Gasteiger partial charge is 0.378 e. The van der Waals surface area contributed by atoms with E-state index in [2.05, 4.69) is 10.4 Å². The van der Waals surface area contributed by atoms with Crippen LogP contribution in [0.1, 0.15) is 13.8 Å². The molecule has 1 saturated heterocycles. The van der Waals surface area contributed by atoms with Crippen molar-refractivity contribution in [3.63, 3.8) is 0 Å². The Hall–Kier alpha value is -0.960. The Labute approximate surface area is 120 Å². The molecule has 0 amide bonds. The molecule has 0 spiro atoms. The van der Waals surface area contributed by atoms with Crippen molar-refractivity contribution in [2.45, 2.75) is 31.3 Å². The van der Waals surface area contributed by atoms with Crippen LogP contribution in [0.25, 0.3) is 0 Å². The zero-order valence-electron chi connectivity index (χ0n) is 11.9. The van der Waals surface area contributed by atoms with Crippen molar-refractivity contribution in [1.82, 2.24) is 19.4 Å². The predicted octanol–water partition coefficient (Wildman–Crippen LogP) is -0.0980. The fraction of sp³-hybridized carbons (Fsp3) is 0.750. The summed E-state index contributed by atoms with van der Waals surface area (Å²) in [4.78, 5) is 0.253. The molecule has 114 valence electrons. The fourth-order valence-corrected chi connectivity index (χ4v) is 3.73. The average Bonchev–Trinajstić information content (AvgIpc) is 2.89. The SMILES string of the molecule is CCNCCn1cc(S(=O)(=O)N2CCOCC2C)cn1. The van der Waals surface area contributed by atoms with Crippen LogP contribution in [0.3, 0.4) is 0 Å². The Bertz CT molecular complexity index is 529. The van der Waals surface area contributed by atoms with E-state index >= 15 is 0 Å².